The molecule has 1 aliphatic heterocycles. The van der Waals surface area contributed by atoms with Crippen molar-refractivity contribution in [1.82, 2.24) is 14.9 Å². The third-order valence-corrected chi connectivity index (χ3v) is 5.03. The zero-order valence-electron chi connectivity index (χ0n) is 12.5. The molecule has 0 spiro atoms. The Balaban J connectivity index is 1.89. The van der Waals surface area contributed by atoms with E-state index in [1.54, 1.807) is 11.3 Å². The highest BCUT2D eigenvalue weighted by atomic mass is 32.1. The molecule has 21 heavy (non-hydrogen) atoms. The van der Waals surface area contributed by atoms with E-state index in [-0.39, 0.29) is 0 Å². The molecule has 0 aromatic carbocycles. The van der Waals surface area contributed by atoms with Gasteiger partial charge in [0.1, 0.15) is 10.6 Å². The van der Waals surface area contributed by atoms with Crippen LogP contribution in [0.25, 0.3) is 10.2 Å². The van der Waals surface area contributed by atoms with Gasteiger partial charge in [0.05, 0.1) is 5.39 Å². The van der Waals surface area contributed by atoms with Gasteiger partial charge >= 0.3 is 0 Å². The molecule has 1 atom stereocenters. The van der Waals surface area contributed by atoms with Crippen LogP contribution in [0.5, 0.6) is 0 Å². The normalized spacial score (nSPS) is 18.9. The van der Waals surface area contributed by atoms with E-state index in [2.05, 4.69) is 50.5 Å². The van der Waals surface area contributed by atoms with Crippen molar-refractivity contribution in [3.05, 3.63) is 11.4 Å². The standard InChI is InChI=1S/C14H22N6S/c1-3-19(4-2)10-5-7-20(9-10)12-11-6-8-21-13(11)17-14(16-12)18-15/h6,8,10H,3-5,7,9,15H2,1-2H3,(H,16,17,18). The van der Waals surface area contributed by atoms with E-state index in [0.717, 1.165) is 42.2 Å². The van der Waals surface area contributed by atoms with Gasteiger partial charge in [-0.05, 0) is 31.0 Å². The Kier molecular flexibility index (Phi) is 4.23. The molecule has 6 nitrogen and oxygen atoms in total. The lowest BCUT2D eigenvalue weighted by Gasteiger charge is -2.26. The average molecular weight is 306 g/mol. The lowest BCUT2D eigenvalue weighted by molar-refractivity contribution is 0.232. The van der Waals surface area contributed by atoms with Crippen LogP contribution in [0.2, 0.25) is 0 Å². The number of aromatic nitrogens is 2. The monoisotopic (exact) mass is 306 g/mol. The predicted octanol–water partition coefficient (Wildman–Crippen LogP) is 1.90. The van der Waals surface area contributed by atoms with Crippen molar-refractivity contribution in [3.8, 4) is 0 Å². The van der Waals surface area contributed by atoms with Crippen LogP contribution in [0.3, 0.4) is 0 Å². The summed E-state index contributed by atoms with van der Waals surface area (Å²) in [6.45, 7) is 8.71. The molecule has 1 unspecified atom stereocenters. The van der Waals surface area contributed by atoms with Crippen LogP contribution < -0.4 is 16.2 Å². The molecule has 2 aromatic heterocycles. The second-order valence-electron chi connectivity index (χ2n) is 5.26. The number of thiophene rings is 1. The van der Waals surface area contributed by atoms with Gasteiger partial charge in [0.25, 0.3) is 0 Å². The molecular formula is C14H22N6S. The summed E-state index contributed by atoms with van der Waals surface area (Å²) in [4.78, 5) is 14.9. The maximum atomic E-state index is 5.50. The first-order chi connectivity index (χ1) is 10.3. The van der Waals surface area contributed by atoms with Crippen LogP contribution in [0.1, 0.15) is 20.3 Å². The molecule has 1 saturated heterocycles. The van der Waals surface area contributed by atoms with Gasteiger partial charge in [0, 0.05) is 19.1 Å². The van der Waals surface area contributed by atoms with E-state index in [1.165, 1.54) is 6.42 Å². The number of hydrazine groups is 1. The summed E-state index contributed by atoms with van der Waals surface area (Å²) in [5.74, 6) is 6.99. The fourth-order valence-corrected chi connectivity index (χ4v) is 3.88. The highest BCUT2D eigenvalue weighted by molar-refractivity contribution is 7.16. The number of hydrogen-bond acceptors (Lipinski definition) is 7. The average Bonchev–Trinajstić information content (AvgIpc) is 3.16. The van der Waals surface area contributed by atoms with Crippen LogP contribution in [-0.2, 0) is 0 Å². The second-order valence-corrected chi connectivity index (χ2v) is 6.16. The third-order valence-electron chi connectivity index (χ3n) is 4.23. The molecule has 2 aromatic rings. The Hall–Kier alpha value is -1.44. The molecule has 114 valence electrons. The lowest BCUT2D eigenvalue weighted by atomic mass is 10.2. The van der Waals surface area contributed by atoms with E-state index >= 15 is 0 Å². The maximum absolute atomic E-state index is 5.50. The minimum atomic E-state index is 0.492. The predicted molar refractivity (Wildman–Crippen MR) is 88.8 cm³/mol. The molecule has 3 rings (SSSR count). The summed E-state index contributed by atoms with van der Waals surface area (Å²) in [6, 6.07) is 2.71. The Morgan fingerprint density at radius 3 is 2.95 bits per heavy atom. The maximum Gasteiger partial charge on any atom is 0.240 e. The highest BCUT2D eigenvalue weighted by Crippen LogP contribution is 2.31. The van der Waals surface area contributed by atoms with E-state index in [1.807, 2.05) is 0 Å². The van der Waals surface area contributed by atoms with E-state index in [4.69, 9.17) is 5.84 Å². The molecule has 0 saturated carbocycles. The molecule has 0 radical (unpaired) electrons. The molecule has 3 N–H and O–H groups in total. The first-order valence-electron chi connectivity index (χ1n) is 7.47. The highest BCUT2D eigenvalue weighted by Gasteiger charge is 2.28. The molecular weight excluding hydrogens is 284 g/mol. The van der Waals surface area contributed by atoms with Gasteiger partial charge in [-0.15, -0.1) is 11.3 Å². The number of anilines is 2. The van der Waals surface area contributed by atoms with Crippen LogP contribution >= 0.6 is 11.3 Å². The first-order valence-corrected chi connectivity index (χ1v) is 8.35. The van der Waals surface area contributed by atoms with E-state index < -0.39 is 0 Å². The third kappa shape index (κ3) is 2.68. The van der Waals surface area contributed by atoms with Crippen molar-refractivity contribution >= 4 is 33.3 Å². The summed E-state index contributed by atoms with van der Waals surface area (Å²) < 4.78 is 0. The number of nitrogens with one attached hydrogen (secondary N) is 1. The fraction of sp³-hybridized carbons (Fsp3) is 0.571. The van der Waals surface area contributed by atoms with Gasteiger partial charge in [-0.2, -0.15) is 4.98 Å². The topological polar surface area (TPSA) is 70.3 Å². The Bertz CT molecular complexity index is 609. The number of nitrogen functional groups attached to an aromatic ring is 1. The fourth-order valence-electron chi connectivity index (χ4n) is 3.12. The van der Waals surface area contributed by atoms with Crippen LogP contribution in [0.4, 0.5) is 11.8 Å². The van der Waals surface area contributed by atoms with Gasteiger partial charge in [0.2, 0.25) is 5.95 Å². The largest absolute Gasteiger partial charge is 0.354 e. The van der Waals surface area contributed by atoms with Crippen molar-refractivity contribution in [1.29, 1.82) is 0 Å². The lowest BCUT2D eigenvalue weighted by Crippen LogP contribution is -2.37. The number of fused-ring (bicyclic) bond motifs is 1. The Morgan fingerprint density at radius 2 is 2.24 bits per heavy atom. The number of rotatable bonds is 5. The van der Waals surface area contributed by atoms with Crippen molar-refractivity contribution in [2.75, 3.05) is 36.5 Å². The molecule has 1 aliphatic rings. The van der Waals surface area contributed by atoms with Crippen molar-refractivity contribution in [3.63, 3.8) is 0 Å². The number of likely N-dealkylation sites (N-methyl/N-ethyl adjacent to an activating group) is 1. The van der Waals surface area contributed by atoms with Crippen molar-refractivity contribution in [2.45, 2.75) is 26.3 Å². The SMILES string of the molecule is CCN(CC)C1CCN(c2nc(NN)nc3sccc23)C1. The quantitative estimate of drug-likeness (QED) is 0.649. The molecule has 0 amide bonds. The molecule has 0 aliphatic carbocycles. The summed E-state index contributed by atoms with van der Waals surface area (Å²) in [7, 11) is 0. The molecule has 0 bridgehead atoms. The number of nitrogens with zero attached hydrogens (tertiary/aromatic N) is 4. The van der Waals surface area contributed by atoms with Gasteiger partial charge in [0.15, 0.2) is 0 Å². The Morgan fingerprint density at radius 1 is 1.43 bits per heavy atom. The molecule has 7 heteroatoms. The smallest absolute Gasteiger partial charge is 0.240 e. The number of nitrogens with two attached hydrogens (primary N) is 1. The minimum absolute atomic E-state index is 0.492. The second kappa shape index (κ2) is 6.13. The minimum Gasteiger partial charge on any atom is -0.354 e. The summed E-state index contributed by atoms with van der Waals surface area (Å²) in [5.41, 5.74) is 2.58. The van der Waals surface area contributed by atoms with Gasteiger partial charge in [-0.25, -0.2) is 10.8 Å². The van der Waals surface area contributed by atoms with Crippen LogP contribution in [-0.4, -0.2) is 47.1 Å². The van der Waals surface area contributed by atoms with Crippen LogP contribution in [0, 0.1) is 0 Å². The van der Waals surface area contributed by atoms with Crippen LogP contribution in [0.15, 0.2) is 11.4 Å². The first kappa shape index (κ1) is 14.5. The zero-order chi connectivity index (χ0) is 14.8. The summed E-state index contributed by atoms with van der Waals surface area (Å²) >= 11 is 1.62. The van der Waals surface area contributed by atoms with Crippen molar-refractivity contribution < 1.29 is 0 Å². The van der Waals surface area contributed by atoms with Gasteiger partial charge in [-0.1, -0.05) is 13.8 Å². The van der Waals surface area contributed by atoms with E-state index in [0.29, 0.717) is 12.0 Å². The van der Waals surface area contributed by atoms with Gasteiger partial charge in [-0.3, -0.25) is 10.3 Å². The zero-order valence-corrected chi connectivity index (χ0v) is 13.4. The number of hydrogen-bond donors (Lipinski definition) is 2. The Labute approximate surface area is 128 Å². The van der Waals surface area contributed by atoms with Gasteiger partial charge < -0.3 is 4.90 Å². The molecule has 1 fully saturated rings. The van der Waals surface area contributed by atoms with Crippen molar-refractivity contribution in [2.24, 2.45) is 5.84 Å². The summed E-state index contributed by atoms with van der Waals surface area (Å²) in [5, 5.41) is 3.18. The van der Waals surface area contributed by atoms with E-state index in [9.17, 15) is 0 Å². The molecule has 3 heterocycles. The summed E-state index contributed by atoms with van der Waals surface area (Å²) in [6.07, 6.45) is 1.18.